The van der Waals surface area contributed by atoms with Crippen molar-refractivity contribution in [3.63, 3.8) is 0 Å². The van der Waals surface area contributed by atoms with E-state index in [1.54, 1.807) is 0 Å². The molecule has 2 rings (SSSR count). The van der Waals surface area contributed by atoms with Gasteiger partial charge in [-0.15, -0.1) is 0 Å². The van der Waals surface area contributed by atoms with Gasteiger partial charge in [-0.2, -0.15) is 5.26 Å². The van der Waals surface area contributed by atoms with Crippen LogP contribution < -0.4 is 0 Å². The summed E-state index contributed by atoms with van der Waals surface area (Å²) in [6, 6.07) is 22.7. The van der Waals surface area contributed by atoms with Crippen molar-refractivity contribution < 1.29 is 0 Å². The van der Waals surface area contributed by atoms with Gasteiger partial charge in [-0.1, -0.05) is 67.0 Å². The number of nitriles is 1. The molecular weight excluding hydrogens is 217 g/mol. The summed E-state index contributed by atoms with van der Waals surface area (Å²) in [5.74, 6) is 0. The molecule has 0 spiro atoms. The summed E-state index contributed by atoms with van der Waals surface area (Å²) in [6.45, 7) is 0. The van der Waals surface area contributed by atoms with Crippen LogP contribution in [0.25, 0.3) is 0 Å². The summed E-state index contributed by atoms with van der Waals surface area (Å²) in [6.07, 6.45) is 1.83. The molecule has 2 heteroatoms. The molecule has 0 amide bonds. The summed E-state index contributed by atoms with van der Waals surface area (Å²) in [4.78, 5) is 0. The highest BCUT2D eigenvalue weighted by atomic mass is 14.4. The maximum absolute atomic E-state index is 9.76. The number of rotatable bonds is 4. The highest BCUT2D eigenvalue weighted by Gasteiger charge is 2.33. The van der Waals surface area contributed by atoms with Gasteiger partial charge in [-0.05, 0) is 17.5 Å². The molecule has 0 saturated carbocycles. The number of hydrogen-bond acceptors (Lipinski definition) is 1. The lowest BCUT2D eigenvalue weighted by Gasteiger charge is -2.27. The van der Waals surface area contributed by atoms with Crippen LogP contribution in [-0.2, 0) is 5.41 Å². The van der Waals surface area contributed by atoms with Crippen LogP contribution in [0.5, 0.6) is 0 Å². The second kappa shape index (κ2) is 5.55. The molecule has 18 heavy (non-hydrogen) atoms. The van der Waals surface area contributed by atoms with E-state index in [9.17, 15) is 5.26 Å². The van der Waals surface area contributed by atoms with E-state index in [1.807, 2.05) is 60.7 Å². The van der Waals surface area contributed by atoms with Gasteiger partial charge in [0.2, 0.25) is 0 Å². The normalized spacial score (nSPS) is 10.8. The van der Waals surface area contributed by atoms with Gasteiger partial charge in [0, 0.05) is 0 Å². The van der Waals surface area contributed by atoms with E-state index in [4.69, 9.17) is 0 Å². The monoisotopic (exact) mass is 233 g/mol. The first kappa shape index (κ1) is 12.5. The molecule has 0 fully saturated rings. The van der Waals surface area contributed by atoms with E-state index in [-0.39, 0.29) is 0 Å². The summed E-state index contributed by atoms with van der Waals surface area (Å²) in [7, 11) is 2.12. The minimum Gasteiger partial charge on any atom is -0.197 e. The quantitative estimate of drug-likeness (QED) is 0.745. The van der Waals surface area contributed by atoms with E-state index < -0.39 is 5.41 Å². The molecule has 0 atom stereocenters. The largest absolute Gasteiger partial charge is 0.197 e. The molecule has 0 radical (unpaired) electrons. The van der Waals surface area contributed by atoms with Gasteiger partial charge in [0.05, 0.1) is 6.07 Å². The van der Waals surface area contributed by atoms with E-state index in [0.717, 1.165) is 23.9 Å². The summed E-state index contributed by atoms with van der Waals surface area (Å²) >= 11 is 0. The third kappa shape index (κ3) is 2.17. The zero-order valence-electron chi connectivity index (χ0n) is 10.6. The maximum Gasteiger partial charge on any atom is 0.106 e. The molecule has 0 aliphatic heterocycles. The SMILES string of the molecule is BCCC(C#N)(c1ccccc1)c1ccccc1. The molecule has 0 N–H and O–H groups in total. The van der Waals surface area contributed by atoms with Crippen molar-refractivity contribution in [1.82, 2.24) is 0 Å². The van der Waals surface area contributed by atoms with Crippen molar-refractivity contribution in [3.8, 4) is 6.07 Å². The zero-order chi connectivity index (χ0) is 12.8. The molecule has 0 heterocycles. The molecule has 1 nitrogen and oxygen atoms in total. The molecule has 0 unspecified atom stereocenters. The van der Waals surface area contributed by atoms with Gasteiger partial charge in [-0.3, -0.25) is 0 Å². The Hall–Kier alpha value is -2.01. The lowest BCUT2D eigenvalue weighted by Crippen LogP contribution is -2.25. The van der Waals surface area contributed by atoms with Crippen LogP contribution in [0.3, 0.4) is 0 Å². The molecule has 0 saturated heterocycles. The van der Waals surface area contributed by atoms with Crippen LogP contribution in [0.1, 0.15) is 17.5 Å². The van der Waals surface area contributed by atoms with Crippen LogP contribution in [0.4, 0.5) is 0 Å². The molecule has 0 aliphatic carbocycles. The van der Waals surface area contributed by atoms with Gasteiger partial charge >= 0.3 is 0 Å². The highest BCUT2D eigenvalue weighted by molar-refractivity contribution is 6.08. The van der Waals surface area contributed by atoms with Gasteiger partial charge in [0.1, 0.15) is 13.3 Å². The molecule has 88 valence electrons. The lowest BCUT2D eigenvalue weighted by atomic mass is 9.70. The van der Waals surface area contributed by atoms with E-state index in [1.165, 1.54) is 0 Å². The van der Waals surface area contributed by atoms with Gasteiger partial charge < -0.3 is 0 Å². The van der Waals surface area contributed by atoms with Crippen molar-refractivity contribution >= 4 is 7.85 Å². The minimum absolute atomic E-state index is 0.517. The molecule has 2 aromatic rings. The number of nitrogens with zero attached hydrogens (tertiary/aromatic N) is 1. The topological polar surface area (TPSA) is 23.8 Å². The van der Waals surface area contributed by atoms with Crippen molar-refractivity contribution in [2.75, 3.05) is 0 Å². The number of benzene rings is 2. The highest BCUT2D eigenvalue weighted by Crippen LogP contribution is 2.35. The van der Waals surface area contributed by atoms with Crippen molar-refractivity contribution in [2.45, 2.75) is 18.2 Å². The van der Waals surface area contributed by atoms with Crippen LogP contribution in [0.2, 0.25) is 6.32 Å². The fourth-order valence-corrected chi connectivity index (χ4v) is 2.46. The van der Waals surface area contributed by atoms with Gasteiger partial charge in [0.15, 0.2) is 0 Å². The van der Waals surface area contributed by atoms with E-state index >= 15 is 0 Å². The standard InChI is InChI=1S/C16H16BN/c17-12-11-16(13-18,14-7-3-1-4-8-14)15-9-5-2-6-10-15/h1-10H,11-12,17H2. The average Bonchev–Trinajstić information content (AvgIpc) is 2.47. The second-order valence-corrected chi connectivity index (χ2v) is 4.50. The Kier molecular flexibility index (Phi) is 3.84. The van der Waals surface area contributed by atoms with Crippen LogP contribution in [-0.4, -0.2) is 7.85 Å². The molecule has 0 bridgehead atoms. The maximum atomic E-state index is 9.76. The fourth-order valence-electron chi connectivity index (χ4n) is 2.46. The van der Waals surface area contributed by atoms with Gasteiger partial charge in [0.25, 0.3) is 0 Å². The average molecular weight is 233 g/mol. The smallest absolute Gasteiger partial charge is 0.106 e. The van der Waals surface area contributed by atoms with Crippen molar-refractivity contribution in [1.29, 1.82) is 5.26 Å². The Balaban J connectivity index is 2.58. The molecule has 2 aromatic carbocycles. The van der Waals surface area contributed by atoms with Crippen LogP contribution in [0, 0.1) is 11.3 Å². The zero-order valence-corrected chi connectivity index (χ0v) is 10.6. The second-order valence-electron chi connectivity index (χ2n) is 4.50. The minimum atomic E-state index is -0.517. The predicted molar refractivity (Wildman–Crippen MR) is 77.2 cm³/mol. The summed E-state index contributed by atoms with van der Waals surface area (Å²) in [5, 5.41) is 9.76. The Morgan fingerprint density at radius 3 is 1.67 bits per heavy atom. The van der Waals surface area contributed by atoms with E-state index in [0.29, 0.717) is 0 Å². The lowest BCUT2D eigenvalue weighted by molar-refractivity contribution is 0.632. The first-order valence-corrected chi connectivity index (χ1v) is 6.36. The van der Waals surface area contributed by atoms with Crippen LogP contribution >= 0.6 is 0 Å². The Morgan fingerprint density at radius 1 is 0.889 bits per heavy atom. The Morgan fingerprint density at radius 2 is 1.33 bits per heavy atom. The molecular formula is C16H16BN. The van der Waals surface area contributed by atoms with E-state index in [2.05, 4.69) is 13.9 Å². The third-order valence-corrected chi connectivity index (χ3v) is 3.35. The fraction of sp³-hybridized carbons (Fsp3) is 0.188. The molecule has 0 aromatic heterocycles. The Labute approximate surface area is 109 Å². The Bertz CT molecular complexity index is 489. The molecule has 0 aliphatic rings. The van der Waals surface area contributed by atoms with Gasteiger partial charge in [-0.25, -0.2) is 0 Å². The number of hydrogen-bond donors (Lipinski definition) is 0. The first-order chi connectivity index (χ1) is 8.83. The first-order valence-electron chi connectivity index (χ1n) is 6.36. The summed E-state index contributed by atoms with van der Waals surface area (Å²) in [5.41, 5.74) is 1.65. The van der Waals surface area contributed by atoms with Crippen molar-refractivity contribution in [2.24, 2.45) is 0 Å². The van der Waals surface area contributed by atoms with Crippen LogP contribution in [0.15, 0.2) is 60.7 Å². The predicted octanol–water partition coefficient (Wildman–Crippen LogP) is 2.94. The summed E-state index contributed by atoms with van der Waals surface area (Å²) < 4.78 is 0. The third-order valence-electron chi connectivity index (χ3n) is 3.35. The van der Waals surface area contributed by atoms with Crippen molar-refractivity contribution in [3.05, 3.63) is 71.8 Å².